The molecule has 1 aliphatic rings. The molecule has 1 heterocycles. The van der Waals surface area contributed by atoms with Crippen molar-refractivity contribution >= 4 is 21.6 Å². The van der Waals surface area contributed by atoms with Crippen LogP contribution in [0.25, 0.3) is 0 Å². The lowest BCUT2D eigenvalue weighted by atomic mass is 9.76. The highest BCUT2D eigenvalue weighted by atomic mass is 35.5. The summed E-state index contributed by atoms with van der Waals surface area (Å²) in [5, 5.41) is 0.551. The highest BCUT2D eigenvalue weighted by molar-refractivity contribution is 7.89. The summed E-state index contributed by atoms with van der Waals surface area (Å²) < 4.78 is 26.7. The van der Waals surface area contributed by atoms with E-state index in [1.165, 1.54) is 0 Å². The standard InChI is InChI=1S/C15H22ClNO2S/c1-15(2,3)12-8-10-17(11-9-12)20(18,19)14-6-4-13(16)5-7-14/h4-7,12H,8-11H2,1-3H3. The van der Waals surface area contributed by atoms with Gasteiger partial charge in [-0.05, 0) is 48.4 Å². The molecule has 0 radical (unpaired) electrons. The third-order valence-electron chi connectivity index (χ3n) is 4.13. The maximum absolute atomic E-state index is 12.5. The SMILES string of the molecule is CC(C)(C)C1CCN(S(=O)(=O)c2ccc(Cl)cc2)CC1. The summed E-state index contributed by atoms with van der Waals surface area (Å²) in [6, 6.07) is 6.40. The molecule has 20 heavy (non-hydrogen) atoms. The average molecular weight is 316 g/mol. The maximum atomic E-state index is 12.5. The Kier molecular flexibility index (Phi) is 4.47. The summed E-state index contributed by atoms with van der Waals surface area (Å²) in [6.07, 6.45) is 1.85. The first kappa shape index (κ1) is 15.8. The Morgan fingerprint density at radius 1 is 1.10 bits per heavy atom. The van der Waals surface area contributed by atoms with Gasteiger partial charge in [-0.3, -0.25) is 0 Å². The van der Waals surface area contributed by atoms with Crippen LogP contribution in [0.4, 0.5) is 0 Å². The number of nitrogens with zero attached hydrogens (tertiary/aromatic N) is 1. The van der Waals surface area contributed by atoms with E-state index < -0.39 is 10.0 Å². The van der Waals surface area contributed by atoms with Gasteiger partial charge in [0.25, 0.3) is 0 Å². The molecule has 112 valence electrons. The monoisotopic (exact) mass is 315 g/mol. The Bertz CT molecular complexity index is 553. The lowest BCUT2D eigenvalue weighted by Gasteiger charge is -2.38. The molecular formula is C15H22ClNO2S. The molecule has 1 saturated heterocycles. The lowest BCUT2D eigenvalue weighted by molar-refractivity contribution is 0.154. The van der Waals surface area contributed by atoms with Crippen molar-refractivity contribution in [3.05, 3.63) is 29.3 Å². The maximum Gasteiger partial charge on any atom is 0.243 e. The molecule has 0 atom stereocenters. The largest absolute Gasteiger partial charge is 0.243 e. The second-order valence-electron chi connectivity index (χ2n) is 6.50. The van der Waals surface area contributed by atoms with Crippen molar-refractivity contribution in [1.29, 1.82) is 0 Å². The molecule has 0 saturated carbocycles. The van der Waals surface area contributed by atoms with Crippen molar-refractivity contribution in [3.63, 3.8) is 0 Å². The number of benzene rings is 1. The quantitative estimate of drug-likeness (QED) is 0.832. The molecule has 5 heteroatoms. The molecule has 0 aromatic heterocycles. The van der Waals surface area contributed by atoms with E-state index in [1.807, 2.05) is 0 Å². The third-order valence-corrected chi connectivity index (χ3v) is 6.29. The first-order valence-electron chi connectivity index (χ1n) is 6.97. The minimum atomic E-state index is -3.37. The second-order valence-corrected chi connectivity index (χ2v) is 8.87. The van der Waals surface area contributed by atoms with Gasteiger partial charge in [0.05, 0.1) is 4.90 Å². The van der Waals surface area contributed by atoms with Crippen LogP contribution >= 0.6 is 11.6 Å². The van der Waals surface area contributed by atoms with Crippen LogP contribution in [0.15, 0.2) is 29.2 Å². The predicted molar refractivity (Wildman–Crippen MR) is 82.4 cm³/mol. The number of piperidine rings is 1. The van der Waals surface area contributed by atoms with Crippen LogP contribution < -0.4 is 0 Å². The Morgan fingerprint density at radius 3 is 2.05 bits per heavy atom. The molecule has 1 aromatic carbocycles. The predicted octanol–water partition coefficient (Wildman–Crippen LogP) is 3.79. The van der Waals surface area contributed by atoms with Gasteiger partial charge in [0, 0.05) is 18.1 Å². The van der Waals surface area contributed by atoms with Gasteiger partial charge in [0.1, 0.15) is 0 Å². The lowest BCUT2D eigenvalue weighted by Crippen LogP contribution is -2.41. The molecule has 0 N–H and O–H groups in total. The van der Waals surface area contributed by atoms with E-state index in [4.69, 9.17) is 11.6 Å². The van der Waals surface area contributed by atoms with Crippen LogP contribution in [-0.4, -0.2) is 25.8 Å². The van der Waals surface area contributed by atoms with E-state index in [1.54, 1.807) is 28.6 Å². The number of sulfonamides is 1. The minimum absolute atomic E-state index is 0.246. The van der Waals surface area contributed by atoms with Crippen LogP contribution in [0, 0.1) is 11.3 Å². The number of rotatable bonds is 2. The van der Waals surface area contributed by atoms with E-state index in [0.717, 1.165) is 12.8 Å². The van der Waals surface area contributed by atoms with Gasteiger partial charge in [0.2, 0.25) is 10.0 Å². The Hall–Kier alpha value is -0.580. The van der Waals surface area contributed by atoms with Crippen LogP contribution in [-0.2, 0) is 10.0 Å². The Labute approximate surface area is 127 Å². The van der Waals surface area contributed by atoms with E-state index >= 15 is 0 Å². The Morgan fingerprint density at radius 2 is 1.60 bits per heavy atom. The molecule has 0 amide bonds. The van der Waals surface area contributed by atoms with Crippen LogP contribution in [0.2, 0.25) is 5.02 Å². The van der Waals surface area contributed by atoms with Crippen molar-refractivity contribution in [3.8, 4) is 0 Å². The molecule has 0 spiro atoms. The zero-order valence-corrected chi connectivity index (χ0v) is 13.8. The van der Waals surface area contributed by atoms with Crippen molar-refractivity contribution < 1.29 is 8.42 Å². The van der Waals surface area contributed by atoms with Crippen LogP contribution in [0.3, 0.4) is 0 Å². The fourth-order valence-electron chi connectivity index (χ4n) is 2.72. The van der Waals surface area contributed by atoms with Gasteiger partial charge < -0.3 is 0 Å². The number of hydrogen-bond donors (Lipinski definition) is 0. The van der Waals surface area contributed by atoms with Crippen molar-refractivity contribution in [2.45, 2.75) is 38.5 Å². The van der Waals surface area contributed by atoms with E-state index in [0.29, 0.717) is 28.9 Å². The third kappa shape index (κ3) is 3.35. The van der Waals surface area contributed by atoms with Gasteiger partial charge in [0.15, 0.2) is 0 Å². The summed E-state index contributed by atoms with van der Waals surface area (Å²) in [6.45, 7) is 7.88. The average Bonchev–Trinajstić information content (AvgIpc) is 2.38. The summed E-state index contributed by atoms with van der Waals surface area (Å²) in [4.78, 5) is 0.330. The van der Waals surface area contributed by atoms with Gasteiger partial charge in [-0.2, -0.15) is 4.31 Å². The highest BCUT2D eigenvalue weighted by Gasteiger charge is 2.33. The molecular weight excluding hydrogens is 294 g/mol. The van der Waals surface area contributed by atoms with E-state index in [9.17, 15) is 8.42 Å². The second kappa shape index (κ2) is 5.66. The van der Waals surface area contributed by atoms with Crippen molar-refractivity contribution in [1.82, 2.24) is 4.31 Å². The fourth-order valence-corrected chi connectivity index (χ4v) is 4.31. The van der Waals surface area contributed by atoms with Gasteiger partial charge in [-0.15, -0.1) is 0 Å². The normalized spacial score (nSPS) is 19.2. The summed E-state index contributed by atoms with van der Waals surface area (Å²) in [7, 11) is -3.37. The Balaban J connectivity index is 2.11. The number of hydrogen-bond acceptors (Lipinski definition) is 2. The zero-order chi connectivity index (χ0) is 15.0. The summed E-state index contributed by atoms with van der Waals surface area (Å²) in [5.74, 6) is 0.583. The zero-order valence-electron chi connectivity index (χ0n) is 12.3. The molecule has 1 aromatic rings. The number of halogens is 1. The van der Waals surface area contributed by atoms with E-state index in [2.05, 4.69) is 20.8 Å². The van der Waals surface area contributed by atoms with Crippen molar-refractivity contribution in [2.75, 3.05) is 13.1 Å². The van der Waals surface area contributed by atoms with Crippen molar-refractivity contribution in [2.24, 2.45) is 11.3 Å². The first-order valence-corrected chi connectivity index (χ1v) is 8.79. The molecule has 0 aliphatic carbocycles. The molecule has 0 bridgehead atoms. The first-order chi connectivity index (χ1) is 9.21. The molecule has 3 nitrogen and oxygen atoms in total. The van der Waals surface area contributed by atoms with E-state index in [-0.39, 0.29) is 5.41 Å². The van der Waals surface area contributed by atoms with Crippen LogP contribution in [0.5, 0.6) is 0 Å². The van der Waals surface area contributed by atoms with Gasteiger partial charge in [-0.25, -0.2) is 8.42 Å². The van der Waals surface area contributed by atoms with Gasteiger partial charge in [-0.1, -0.05) is 32.4 Å². The molecule has 1 aliphatic heterocycles. The molecule has 1 fully saturated rings. The summed E-state index contributed by atoms with van der Waals surface area (Å²) in [5.41, 5.74) is 0.246. The fraction of sp³-hybridized carbons (Fsp3) is 0.600. The summed E-state index contributed by atoms with van der Waals surface area (Å²) >= 11 is 5.81. The molecule has 2 rings (SSSR count). The van der Waals surface area contributed by atoms with Crippen LogP contribution in [0.1, 0.15) is 33.6 Å². The topological polar surface area (TPSA) is 37.4 Å². The minimum Gasteiger partial charge on any atom is -0.207 e. The van der Waals surface area contributed by atoms with Gasteiger partial charge >= 0.3 is 0 Å². The molecule has 0 unspecified atom stereocenters. The highest BCUT2D eigenvalue weighted by Crippen LogP contribution is 2.35. The smallest absolute Gasteiger partial charge is 0.207 e.